The van der Waals surface area contributed by atoms with E-state index < -0.39 is 23.6 Å². The number of aliphatic carboxylic acids is 1. The molecule has 2 fully saturated rings. The van der Waals surface area contributed by atoms with Crippen molar-refractivity contribution in [2.75, 3.05) is 13.2 Å². The van der Waals surface area contributed by atoms with E-state index in [4.69, 9.17) is 4.74 Å². The highest BCUT2D eigenvalue weighted by Crippen LogP contribution is 2.45. The second-order valence-electron chi connectivity index (χ2n) is 9.55. The number of carbonyl (C=O) groups is 3. The van der Waals surface area contributed by atoms with Gasteiger partial charge in [-0.25, -0.2) is 9.59 Å². The highest BCUT2D eigenvalue weighted by Gasteiger charge is 2.47. The Labute approximate surface area is 192 Å². The van der Waals surface area contributed by atoms with Gasteiger partial charge in [0.2, 0.25) is 5.91 Å². The molecule has 0 aromatic heterocycles. The van der Waals surface area contributed by atoms with Crippen LogP contribution in [0.25, 0.3) is 11.1 Å². The van der Waals surface area contributed by atoms with Crippen molar-refractivity contribution in [2.45, 2.75) is 50.1 Å². The van der Waals surface area contributed by atoms with Crippen LogP contribution in [-0.2, 0) is 14.3 Å². The summed E-state index contributed by atoms with van der Waals surface area (Å²) in [6.07, 6.45) is 1.86. The number of fused-ring (bicyclic) bond motifs is 3. The Morgan fingerprint density at radius 1 is 1.03 bits per heavy atom. The van der Waals surface area contributed by atoms with Gasteiger partial charge in [-0.2, -0.15) is 0 Å². The van der Waals surface area contributed by atoms with E-state index in [0.717, 1.165) is 35.1 Å². The minimum absolute atomic E-state index is 0.0330. The van der Waals surface area contributed by atoms with Crippen LogP contribution in [0.15, 0.2) is 48.5 Å². The zero-order chi connectivity index (χ0) is 23.2. The Hall–Kier alpha value is -3.35. The van der Waals surface area contributed by atoms with Gasteiger partial charge in [-0.15, -0.1) is 0 Å². The van der Waals surface area contributed by atoms with Crippen LogP contribution in [0.2, 0.25) is 0 Å². The molecule has 2 aromatic rings. The molecule has 1 saturated heterocycles. The maximum absolute atomic E-state index is 12.8. The van der Waals surface area contributed by atoms with Crippen molar-refractivity contribution in [3.63, 3.8) is 0 Å². The third-order valence-corrected chi connectivity index (χ3v) is 7.35. The Morgan fingerprint density at radius 2 is 1.64 bits per heavy atom. The third-order valence-electron chi connectivity index (χ3n) is 7.35. The van der Waals surface area contributed by atoms with E-state index in [1.165, 1.54) is 4.90 Å². The topological polar surface area (TPSA) is 95.9 Å². The molecular formula is C26H28N2O5. The van der Waals surface area contributed by atoms with E-state index in [1.54, 1.807) is 0 Å². The molecule has 2 N–H and O–H groups in total. The summed E-state index contributed by atoms with van der Waals surface area (Å²) in [5, 5.41) is 12.2. The maximum atomic E-state index is 12.8. The van der Waals surface area contributed by atoms with Crippen molar-refractivity contribution in [3.8, 4) is 11.1 Å². The van der Waals surface area contributed by atoms with E-state index in [9.17, 15) is 19.5 Å². The van der Waals surface area contributed by atoms with Crippen LogP contribution in [0.4, 0.5) is 4.79 Å². The number of benzene rings is 2. The second kappa shape index (κ2) is 8.21. The molecule has 1 saturated carbocycles. The van der Waals surface area contributed by atoms with E-state index >= 15 is 0 Å². The molecule has 2 aromatic carbocycles. The normalized spacial score (nSPS) is 20.8. The largest absolute Gasteiger partial charge is 0.480 e. The lowest BCUT2D eigenvalue weighted by Crippen LogP contribution is -2.58. The Kier molecular flexibility index (Phi) is 5.35. The van der Waals surface area contributed by atoms with Gasteiger partial charge in [0.15, 0.2) is 0 Å². The number of amides is 2. The standard InChI is InChI=1S/C26H28N2O5/c1-26(16-10-11-16,14-23(29)28-13-12-22(28)24(30)31)27-25(32)33-15-21-19-8-4-2-6-17(19)18-7-3-5-9-20(18)21/h2-9,16,21-22H,10-15H2,1H3,(H,27,32)(H,30,31). The lowest BCUT2D eigenvalue weighted by Gasteiger charge is -2.40. The summed E-state index contributed by atoms with van der Waals surface area (Å²) in [6, 6.07) is 15.6. The fourth-order valence-corrected chi connectivity index (χ4v) is 5.24. The van der Waals surface area contributed by atoms with Gasteiger partial charge >= 0.3 is 12.1 Å². The predicted molar refractivity (Wildman–Crippen MR) is 122 cm³/mol. The first-order valence-corrected chi connectivity index (χ1v) is 11.5. The lowest BCUT2D eigenvalue weighted by atomic mass is 9.89. The summed E-state index contributed by atoms with van der Waals surface area (Å²) in [5.74, 6) is -1.06. The number of carboxylic acids is 1. The highest BCUT2D eigenvalue weighted by atomic mass is 16.5. The number of hydrogen-bond acceptors (Lipinski definition) is 4. The van der Waals surface area contributed by atoms with Gasteiger partial charge < -0.3 is 20.1 Å². The fourth-order valence-electron chi connectivity index (χ4n) is 5.24. The molecule has 33 heavy (non-hydrogen) atoms. The molecule has 7 nitrogen and oxygen atoms in total. The summed E-state index contributed by atoms with van der Waals surface area (Å²) >= 11 is 0. The molecule has 0 bridgehead atoms. The number of nitrogens with one attached hydrogen (secondary N) is 1. The van der Waals surface area contributed by atoms with Crippen molar-refractivity contribution < 1.29 is 24.2 Å². The molecule has 0 spiro atoms. The number of hydrogen-bond donors (Lipinski definition) is 2. The van der Waals surface area contributed by atoms with Crippen molar-refractivity contribution in [1.82, 2.24) is 10.2 Å². The fraction of sp³-hybridized carbons (Fsp3) is 0.423. The SMILES string of the molecule is CC(CC(=O)N1CCC1C(=O)O)(NC(=O)OCC1c2ccccc2-c2ccccc21)C1CC1. The Morgan fingerprint density at radius 3 is 2.15 bits per heavy atom. The van der Waals surface area contributed by atoms with Crippen LogP contribution in [0.1, 0.15) is 49.7 Å². The average molecular weight is 449 g/mol. The number of carboxylic acid groups (broad SMARTS) is 1. The Bertz CT molecular complexity index is 1070. The number of carbonyl (C=O) groups excluding carboxylic acids is 2. The van der Waals surface area contributed by atoms with Gasteiger partial charge in [0.25, 0.3) is 0 Å². The van der Waals surface area contributed by atoms with Crippen LogP contribution in [-0.4, -0.2) is 52.7 Å². The molecule has 2 atom stereocenters. The lowest BCUT2D eigenvalue weighted by molar-refractivity contribution is -0.158. The summed E-state index contributed by atoms with van der Waals surface area (Å²) in [5.41, 5.74) is 3.86. The predicted octanol–water partition coefficient (Wildman–Crippen LogP) is 3.77. The molecule has 2 unspecified atom stereocenters. The molecule has 0 radical (unpaired) electrons. The second-order valence-corrected chi connectivity index (χ2v) is 9.55. The van der Waals surface area contributed by atoms with E-state index in [2.05, 4.69) is 29.6 Å². The smallest absolute Gasteiger partial charge is 0.407 e. The zero-order valence-electron chi connectivity index (χ0n) is 18.6. The summed E-state index contributed by atoms with van der Waals surface area (Å²) in [4.78, 5) is 38.3. The van der Waals surface area contributed by atoms with Crippen LogP contribution >= 0.6 is 0 Å². The minimum atomic E-state index is -0.979. The van der Waals surface area contributed by atoms with Crippen molar-refractivity contribution in [1.29, 1.82) is 0 Å². The van der Waals surface area contributed by atoms with Crippen LogP contribution in [0.5, 0.6) is 0 Å². The van der Waals surface area contributed by atoms with E-state index in [-0.39, 0.29) is 30.8 Å². The first-order chi connectivity index (χ1) is 15.9. The number of alkyl carbamates (subject to hydrolysis) is 1. The van der Waals surface area contributed by atoms with Gasteiger partial charge in [-0.1, -0.05) is 48.5 Å². The van der Waals surface area contributed by atoms with E-state index in [1.807, 2.05) is 31.2 Å². The van der Waals surface area contributed by atoms with Gasteiger partial charge in [-0.3, -0.25) is 4.79 Å². The maximum Gasteiger partial charge on any atom is 0.407 e. The van der Waals surface area contributed by atoms with E-state index in [0.29, 0.717) is 13.0 Å². The van der Waals surface area contributed by atoms with Crippen molar-refractivity contribution >= 4 is 18.0 Å². The molecule has 1 aliphatic heterocycles. The van der Waals surface area contributed by atoms with Gasteiger partial charge in [0.05, 0.1) is 12.0 Å². The third kappa shape index (κ3) is 3.96. The monoisotopic (exact) mass is 448 g/mol. The quantitative estimate of drug-likeness (QED) is 0.672. The van der Waals surface area contributed by atoms with Crippen LogP contribution in [0, 0.1) is 5.92 Å². The zero-order valence-corrected chi connectivity index (χ0v) is 18.6. The molecule has 172 valence electrons. The number of ether oxygens (including phenoxy) is 1. The number of likely N-dealkylation sites (tertiary alicyclic amines) is 1. The number of nitrogens with zero attached hydrogens (tertiary/aromatic N) is 1. The molecular weight excluding hydrogens is 420 g/mol. The summed E-state index contributed by atoms with van der Waals surface area (Å²) < 4.78 is 5.69. The molecule has 2 aliphatic carbocycles. The molecule has 5 rings (SSSR count). The van der Waals surface area contributed by atoms with Crippen LogP contribution in [0.3, 0.4) is 0 Å². The minimum Gasteiger partial charge on any atom is -0.480 e. The van der Waals surface area contributed by atoms with Gasteiger partial charge in [0, 0.05) is 12.5 Å². The molecule has 3 aliphatic rings. The van der Waals surface area contributed by atoms with Crippen molar-refractivity contribution in [2.24, 2.45) is 5.92 Å². The molecule has 2 amide bonds. The number of rotatable bonds is 7. The first-order valence-electron chi connectivity index (χ1n) is 11.5. The van der Waals surface area contributed by atoms with Gasteiger partial charge in [-0.05, 0) is 54.4 Å². The van der Waals surface area contributed by atoms with Gasteiger partial charge in [0.1, 0.15) is 12.6 Å². The first kappa shape index (κ1) is 21.5. The highest BCUT2D eigenvalue weighted by molar-refractivity contribution is 5.86. The molecule has 7 heteroatoms. The summed E-state index contributed by atoms with van der Waals surface area (Å²) in [7, 11) is 0. The Balaban J connectivity index is 1.25. The van der Waals surface area contributed by atoms with Crippen LogP contribution < -0.4 is 5.32 Å². The summed E-state index contributed by atoms with van der Waals surface area (Å²) in [6.45, 7) is 2.52. The van der Waals surface area contributed by atoms with Crippen molar-refractivity contribution in [3.05, 3.63) is 59.7 Å². The average Bonchev–Trinajstić information content (AvgIpc) is 3.55. The molecule has 1 heterocycles.